The van der Waals surface area contributed by atoms with Gasteiger partial charge in [-0.2, -0.15) is 5.10 Å². The number of aromatic nitrogens is 5. The number of rotatable bonds is 19. The number of carboxylic acid groups (broad SMARTS) is 2. The average Bonchev–Trinajstić information content (AvgIpc) is 3.82. The zero-order valence-electron chi connectivity index (χ0n) is 30.5. The van der Waals surface area contributed by atoms with E-state index in [1.165, 1.54) is 4.68 Å². The van der Waals surface area contributed by atoms with Crippen LogP contribution in [0.5, 0.6) is 0 Å². The van der Waals surface area contributed by atoms with E-state index in [0.29, 0.717) is 68.3 Å². The first kappa shape index (κ1) is 41.0. The van der Waals surface area contributed by atoms with Gasteiger partial charge in [0.2, 0.25) is 17.7 Å². The van der Waals surface area contributed by atoms with Crippen molar-refractivity contribution in [2.24, 2.45) is 5.73 Å². The summed E-state index contributed by atoms with van der Waals surface area (Å²) in [6.07, 6.45) is 5.69. The molecule has 1 aliphatic heterocycles. The number of nitrogens with two attached hydrogens (primary N) is 1. The number of anilines is 1. The van der Waals surface area contributed by atoms with E-state index in [1.807, 2.05) is 6.07 Å². The molecule has 0 saturated heterocycles. The topological polar surface area (TPSA) is 278 Å². The molecule has 296 valence electrons. The lowest BCUT2D eigenvalue weighted by atomic mass is 10.1. The number of carboxylic acids is 2. The van der Waals surface area contributed by atoms with E-state index < -0.39 is 47.0 Å². The van der Waals surface area contributed by atoms with Gasteiger partial charge in [0.15, 0.2) is 0 Å². The Kier molecular flexibility index (Phi) is 14.2. The number of hydrogen-bond acceptors (Lipinski definition) is 13. The lowest BCUT2D eigenvalue weighted by Gasteiger charge is -2.16. The zero-order chi connectivity index (χ0) is 40.2. The largest absolute Gasteiger partial charge is 0.480 e. The van der Waals surface area contributed by atoms with Crippen molar-refractivity contribution >= 4 is 47.2 Å². The average molecular weight is 791 g/mol. The van der Waals surface area contributed by atoms with Gasteiger partial charge in [-0.15, -0.1) is 22.0 Å². The first-order valence-electron chi connectivity index (χ1n) is 17.7. The van der Waals surface area contributed by atoms with Crippen LogP contribution >= 0.6 is 11.8 Å². The monoisotopic (exact) mass is 790 g/mol. The summed E-state index contributed by atoms with van der Waals surface area (Å²) in [6, 6.07) is 9.12. The van der Waals surface area contributed by atoms with Crippen LogP contribution in [0.25, 0.3) is 22.7 Å². The quantitative estimate of drug-likeness (QED) is 0.0741. The predicted octanol–water partition coefficient (Wildman–Crippen LogP) is 1.99. The van der Waals surface area contributed by atoms with Gasteiger partial charge in [-0.05, 0) is 48.2 Å². The van der Waals surface area contributed by atoms with Crippen LogP contribution < -0.4 is 27.2 Å². The molecule has 4 amide bonds. The Morgan fingerprint density at radius 3 is 2.39 bits per heavy atom. The number of nitrogens with one attached hydrogen (secondary N) is 3. The van der Waals surface area contributed by atoms with Gasteiger partial charge in [0, 0.05) is 68.9 Å². The highest BCUT2D eigenvalue weighted by atomic mass is 32.2. The molecule has 5 rings (SSSR count). The second-order valence-electron chi connectivity index (χ2n) is 13.0. The fourth-order valence-corrected chi connectivity index (χ4v) is 6.64. The highest BCUT2D eigenvalue weighted by Gasteiger charge is 2.25. The van der Waals surface area contributed by atoms with Gasteiger partial charge in [0.25, 0.3) is 11.4 Å². The number of urea groups is 1. The van der Waals surface area contributed by atoms with Crippen LogP contribution in [0.1, 0.15) is 49.1 Å². The van der Waals surface area contributed by atoms with Gasteiger partial charge in [-0.25, -0.2) is 9.48 Å². The SMILES string of the molecule is Cc1nnc(-c2cc(-c3ccc(NC(=O)N4Cc5ccncc5C4)cc3)nn(CCCCCCNC(=O)CNC(=O)CC(SCC(N)C(=O)O)C(=O)O)c2=O)o1. The number of aryl methyl sites for hydroxylation is 2. The van der Waals surface area contributed by atoms with Gasteiger partial charge >= 0.3 is 18.0 Å². The number of fused-ring (bicyclic) bond motifs is 1. The molecule has 19 nitrogen and oxygen atoms in total. The molecule has 0 aliphatic carbocycles. The van der Waals surface area contributed by atoms with Crippen molar-refractivity contribution in [1.29, 1.82) is 0 Å². The number of thioether (sulfide) groups is 1. The van der Waals surface area contributed by atoms with Gasteiger partial charge in [-0.1, -0.05) is 25.0 Å². The smallest absolute Gasteiger partial charge is 0.322 e. The third-order valence-electron chi connectivity index (χ3n) is 8.68. The maximum Gasteiger partial charge on any atom is 0.322 e. The molecule has 3 aromatic heterocycles. The Labute approximate surface area is 324 Å². The second-order valence-corrected chi connectivity index (χ2v) is 14.2. The number of hydrogen-bond donors (Lipinski definition) is 6. The molecule has 0 bridgehead atoms. The lowest BCUT2D eigenvalue weighted by Crippen LogP contribution is -2.39. The Balaban J connectivity index is 1.08. The minimum atomic E-state index is -1.29. The third kappa shape index (κ3) is 11.4. The van der Waals surface area contributed by atoms with Gasteiger partial charge < -0.3 is 41.2 Å². The Morgan fingerprint density at radius 1 is 0.946 bits per heavy atom. The number of carbonyl (C=O) groups is 5. The summed E-state index contributed by atoms with van der Waals surface area (Å²) >= 11 is 0.742. The fraction of sp³-hybridized carbons (Fsp3) is 0.389. The van der Waals surface area contributed by atoms with Crippen LogP contribution in [0, 0.1) is 6.92 Å². The molecule has 4 aromatic rings. The molecule has 0 radical (unpaired) electrons. The highest BCUT2D eigenvalue weighted by molar-refractivity contribution is 8.00. The van der Waals surface area contributed by atoms with Crippen molar-refractivity contribution in [3.63, 3.8) is 0 Å². The number of amides is 4. The van der Waals surface area contributed by atoms with Crippen molar-refractivity contribution in [3.8, 4) is 22.7 Å². The van der Waals surface area contributed by atoms with Crippen molar-refractivity contribution in [3.05, 3.63) is 76.2 Å². The molecule has 0 spiro atoms. The number of benzene rings is 1. The van der Waals surface area contributed by atoms with E-state index in [4.69, 9.17) is 15.3 Å². The van der Waals surface area contributed by atoms with E-state index in [9.17, 15) is 33.9 Å². The summed E-state index contributed by atoms with van der Waals surface area (Å²) < 4.78 is 6.94. The van der Waals surface area contributed by atoms with Crippen LogP contribution in [0.2, 0.25) is 0 Å². The molecule has 20 heteroatoms. The summed E-state index contributed by atoms with van der Waals surface area (Å²) in [6.45, 7) is 2.89. The third-order valence-corrected chi connectivity index (χ3v) is 10.0. The molecule has 2 atom stereocenters. The number of aliphatic carboxylic acids is 2. The molecular weight excluding hydrogens is 749 g/mol. The summed E-state index contributed by atoms with van der Waals surface area (Å²) in [5.74, 6) is -3.50. The van der Waals surface area contributed by atoms with E-state index >= 15 is 0 Å². The Bertz CT molecular complexity index is 2080. The first-order chi connectivity index (χ1) is 26.9. The minimum absolute atomic E-state index is 0.0728. The van der Waals surface area contributed by atoms with E-state index in [-0.39, 0.29) is 29.8 Å². The molecule has 7 N–H and O–H groups in total. The first-order valence-corrected chi connectivity index (χ1v) is 18.8. The van der Waals surface area contributed by atoms with Crippen LogP contribution in [0.4, 0.5) is 10.5 Å². The standard InChI is InChI=1S/C36H42N10O9S/c1-21-42-43-32(55-21)26-14-28(22-6-8-25(9-7-22)41-36(54)45-18-23-10-12-38-16-24(23)19-45)44-46(33(26)49)13-5-3-2-4-11-39-31(48)17-40-30(47)15-29(35(52)53)56-20-27(37)34(50)51/h6-10,12,14,16,27,29H,2-5,11,13,15,17-20,37H2,1H3,(H,39,48)(H,40,47)(H,41,54)(H,50,51)(H,52,53). The van der Waals surface area contributed by atoms with Crippen LogP contribution in [-0.2, 0) is 38.8 Å². The molecule has 1 aliphatic rings. The van der Waals surface area contributed by atoms with Gasteiger partial charge in [-0.3, -0.25) is 29.0 Å². The molecule has 56 heavy (non-hydrogen) atoms. The molecular formula is C36H42N10O9S. The molecule has 1 aromatic carbocycles. The maximum absolute atomic E-state index is 13.5. The van der Waals surface area contributed by atoms with E-state index in [1.54, 1.807) is 54.5 Å². The van der Waals surface area contributed by atoms with E-state index in [2.05, 4.69) is 36.2 Å². The number of pyridine rings is 1. The summed E-state index contributed by atoms with van der Waals surface area (Å²) in [4.78, 5) is 78.9. The Morgan fingerprint density at radius 2 is 1.70 bits per heavy atom. The van der Waals surface area contributed by atoms with Crippen molar-refractivity contribution in [2.75, 3.05) is 24.2 Å². The fourth-order valence-electron chi connectivity index (χ4n) is 5.64. The van der Waals surface area contributed by atoms with Crippen LogP contribution in [0.15, 0.2) is 58.0 Å². The van der Waals surface area contributed by atoms with Crippen LogP contribution in [0.3, 0.4) is 0 Å². The predicted molar refractivity (Wildman–Crippen MR) is 203 cm³/mol. The lowest BCUT2D eigenvalue weighted by molar-refractivity contribution is -0.139. The summed E-state index contributed by atoms with van der Waals surface area (Å²) in [7, 11) is 0. The molecule has 0 fully saturated rings. The van der Waals surface area contributed by atoms with Crippen molar-refractivity contribution in [1.82, 2.24) is 40.5 Å². The van der Waals surface area contributed by atoms with E-state index in [0.717, 1.165) is 29.3 Å². The maximum atomic E-state index is 13.5. The molecule has 2 unspecified atom stereocenters. The van der Waals surface area contributed by atoms with Crippen molar-refractivity contribution < 1.29 is 38.6 Å². The molecule has 0 saturated carbocycles. The second kappa shape index (κ2) is 19.4. The number of nitrogens with zero attached hydrogens (tertiary/aromatic N) is 6. The highest BCUT2D eigenvalue weighted by Crippen LogP contribution is 2.25. The number of unbranched alkanes of at least 4 members (excludes halogenated alkanes) is 3. The zero-order valence-corrected chi connectivity index (χ0v) is 31.3. The number of carbonyl (C=O) groups excluding carboxylic acids is 3. The summed E-state index contributed by atoms with van der Waals surface area (Å²) in [5, 5.41) is 37.5. The van der Waals surface area contributed by atoms with Crippen molar-refractivity contribution in [2.45, 2.75) is 70.0 Å². The summed E-state index contributed by atoms with van der Waals surface area (Å²) in [5.41, 5.74) is 9.07. The van der Waals surface area contributed by atoms with Crippen LogP contribution in [-0.4, -0.2) is 100.0 Å². The molecule has 4 heterocycles. The normalized spacial score (nSPS) is 13.1. The Hall–Kier alpha value is -6.15. The van der Waals surface area contributed by atoms with Gasteiger partial charge in [0.05, 0.1) is 12.2 Å². The minimum Gasteiger partial charge on any atom is -0.480 e. The van der Waals surface area contributed by atoms with Gasteiger partial charge in [0.1, 0.15) is 16.9 Å².